The van der Waals surface area contributed by atoms with E-state index in [0.29, 0.717) is 23.0 Å². The van der Waals surface area contributed by atoms with Crippen molar-refractivity contribution in [2.75, 3.05) is 5.32 Å². The fourth-order valence-corrected chi connectivity index (χ4v) is 3.00. The molecule has 6 nitrogen and oxygen atoms in total. The Kier molecular flexibility index (Phi) is 3.45. The summed E-state index contributed by atoms with van der Waals surface area (Å²) in [6.45, 7) is 1.76. The van der Waals surface area contributed by atoms with Crippen LogP contribution in [0.15, 0.2) is 41.3 Å². The van der Waals surface area contributed by atoms with Crippen molar-refractivity contribution in [2.45, 2.75) is 32.2 Å². The van der Waals surface area contributed by atoms with E-state index >= 15 is 0 Å². The highest BCUT2D eigenvalue weighted by molar-refractivity contribution is 6.04. The lowest BCUT2D eigenvalue weighted by Crippen LogP contribution is -2.24. The molecule has 3 aromatic rings. The second kappa shape index (κ2) is 5.63. The van der Waals surface area contributed by atoms with Gasteiger partial charge in [0.05, 0.1) is 6.04 Å². The van der Waals surface area contributed by atoms with E-state index in [0.717, 1.165) is 23.7 Å². The van der Waals surface area contributed by atoms with Gasteiger partial charge in [0.25, 0.3) is 11.5 Å². The fraction of sp³-hybridized carbons (Fsp3) is 0.278. The van der Waals surface area contributed by atoms with E-state index in [1.165, 1.54) is 6.42 Å². The van der Waals surface area contributed by atoms with Gasteiger partial charge in [0.15, 0.2) is 0 Å². The molecule has 2 N–H and O–H groups in total. The first-order chi connectivity index (χ1) is 11.6. The number of anilines is 1. The summed E-state index contributed by atoms with van der Waals surface area (Å²) in [5.41, 5.74) is 2.58. The SMILES string of the molecule is Cc1cc2cc(NC(=O)c3ccnn3C3CCC3)ccc2[nH]c1=O. The average molecular weight is 322 g/mol. The zero-order valence-corrected chi connectivity index (χ0v) is 13.4. The highest BCUT2D eigenvalue weighted by atomic mass is 16.2. The minimum atomic E-state index is -0.167. The Bertz CT molecular complexity index is 982. The minimum absolute atomic E-state index is 0.0938. The van der Waals surface area contributed by atoms with Gasteiger partial charge >= 0.3 is 0 Å². The summed E-state index contributed by atoms with van der Waals surface area (Å²) in [6.07, 6.45) is 5.00. The second-order valence-corrected chi connectivity index (χ2v) is 6.28. The van der Waals surface area contributed by atoms with Gasteiger partial charge in [-0.05, 0) is 56.5 Å². The number of aryl methyl sites for hydroxylation is 1. The number of H-pyrrole nitrogens is 1. The lowest BCUT2D eigenvalue weighted by Gasteiger charge is -2.27. The molecule has 0 spiro atoms. The molecule has 0 unspecified atom stereocenters. The monoisotopic (exact) mass is 322 g/mol. The van der Waals surface area contributed by atoms with Crippen molar-refractivity contribution < 1.29 is 4.79 Å². The molecule has 4 rings (SSSR count). The molecular weight excluding hydrogens is 304 g/mol. The summed E-state index contributed by atoms with van der Waals surface area (Å²) in [4.78, 5) is 27.0. The van der Waals surface area contributed by atoms with Crippen LogP contribution in [0.2, 0.25) is 0 Å². The minimum Gasteiger partial charge on any atom is -0.322 e. The maximum absolute atomic E-state index is 12.6. The lowest BCUT2D eigenvalue weighted by atomic mass is 9.93. The van der Waals surface area contributed by atoms with Crippen molar-refractivity contribution in [3.63, 3.8) is 0 Å². The Labute approximate surface area is 138 Å². The van der Waals surface area contributed by atoms with Crippen LogP contribution in [-0.2, 0) is 0 Å². The van der Waals surface area contributed by atoms with E-state index < -0.39 is 0 Å². The van der Waals surface area contributed by atoms with Crippen LogP contribution in [0.25, 0.3) is 10.9 Å². The predicted octanol–water partition coefficient (Wildman–Crippen LogP) is 3.01. The van der Waals surface area contributed by atoms with Gasteiger partial charge in [-0.15, -0.1) is 0 Å². The maximum Gasteiger partial charge on any atom is 0.273 e. The van der Waals surface area contributed by atoms with Crippen molar-refractivity contribution in [2.24, 2.45) is 0 Å². The van der Waals surface area contributed by atoms with Crippen LogP contribution in [0.5, 0.6) is 0 Å². The smallest absolute Gasteiger partial charge is 0.273 e. The van der Waals surface area contributed by atoms with E-state index in [4.69, 9.17) is 0 Å². The van der Waals surface area contributed by atoms with Gasteiger partial charge < -0.3 is 10.3 Å². The Morgan fingerprint density at radius 2 is 2.12 bits per heavy atom. The molecule has 0 radical (unpaired) electrons. The molecule has 6 heteroatoms. The van der Waals surface area contributed by atoms with Gasteiger partial charge in [0, 0.05) is 28.4 Å². The number of carbonyl (C=O) groups excluding carboxylic acids is 1. The Hall–Kier alpha value is -2.89. The predicted molar refractivity (Wildman–Crippen MR) is 92.4 cm³/mol. The molecule has 0 aliphatic heterocycles. The summed E-state index contributed by atoms with van der Waals surface area (Å²) in [5, 5.41) is 8.10. The Balaban J connectivity index is 1.62. The van der Waals surface area contributed by atoms with E-state index in [2.05, 4.69) is 15.4 Å². The van der Waals surface area contributed by atoms with Crippen molar-refractivity contribution in [3.05, 3.63) is 58.1 Å². The van der Waals surface area contributed by atoms with Crippen LogP contribution >= 0.6 is 0 Å². The summed E-state index contributed by atoms with van der Waals surface area (Å²) in [6, 6.07) is 9.36. The summed E-state index contributed by atoms with van der Waals surface area (Å²) in [7, 11) is 0. The topological polar surface area (TPSA) is 79.8 Å². The number of nitrogens with zero attached hydrogens (tertiary/aromatic N) is 2. The molecule has 122 valence electrons. The van der Waals surface area contributed by atoms with E-state index in [9.17, 15) is 9.59 Å². The van der Waals surface area contributed by atoms with Crippen LogP contribution in [-0.4, -0.2) is 20.7 Å². The Morgan fingerprint density at radius 3 is 2.88 bits per heavy atom. The number of amides is 1. The number of nitrogens with one attached hydrogen (secondary N) is 2. The van der Waals surface area contributed by atoms with Gasteiger partial charge in [-0.25, -0.2) is 0 Å². The van der Waals surface area contributed by atoms with E-state index in [1.54, 1.807) is 31.3 Å². The molecule has 1 saturated carbocycles. The number of fused-ring (bicyclic) bond motifs is 1. The van der Waals surface area contributed by atoms with Gasteiger partial charge in [0.2, 0.25) is 0 Å². The third kappa shape index (κ3) is 2.50. The van der Waals surface area contributed by atoms with E-state index in [1.807, 2.05) is 16.8 Å². The molecule has 0 saturated heterocycles. The molecule has 1 amide bonds. The van der Waals surface area contributed by atoms with Gasteiger partial charge in [0.1, 0.15) is 5.69 Å². The zero-order chi connectivity index (χ0) is 16.7. The lowest BCUT2D eigenvalue weighted by molar-refractivity contribution is 0.100. The summed E-state index contributed by atoms with van der Waals surface area (Å²) in [5.74, 6) is -0.167. The van der Waals surface area contributed by atoms with Crippen LogP contribution in [0.1, 0.15) is 41.4 Å². The molecule has 0 bridgehead atoms. The zero-order valence-electron chi connectivity index (χ0n) is 13.4. The van der Waals surface area contributed by atoms with Crippen LogP contribution in [0.4, 0.5) is 5.69 Å². The second-order valence-electron chi connectivity index (χ2n) is 6.28. The van der Waals surface area contributed by atoms with E-state index in [-0.39, 0.29) is 11.5 Å². The number of hydrogen-bond donors (Lipinski definition) is 2. The molecular formula is C18H18N4O2. The van der Waals surface area contributed by atoms with Gasteiger partial charge in [-0.1, -0.05) is 0 Å². The Morgan fingerprint density at radius 1 is 1.29 bits per heavy atom. The number of carbonyl (C=O) groups is 1. The van der Waals surface area contributed by atoms with Crippen molar-refractivity contribution >= 4 is 22.5 Å². The maximum atomic E-state index is 12.6. The normalized spacial score (nSPS) is 14.5. The molecule has 1 aliphatic carbocycles. The molecule has 2 heterocycles. The molecule has 0 atom stereocenters. The molecule has 1 aromatic carbocycles. The quantitative estimate of drug-likeness (QED) is 0.778. The number of rotatable bonds is 3. The first kappa shape index (κ1) is 14.7. The fourth-order valence-electron chi connectivity index (χ4n) is 3.00. The third-order valence-corrected chi connectivity index (χ3v) is 4.61. The summed E-state index contributed by atoms with van der Waals surface area (Å²) < 4.78 is 1.82. The van der Waals surface area contributed by atoms with Crippen LogP contribution < -0.4 is 10.9 Å². The van der Waals surface area contributed by atoms with Crippen molar-refractivity contribution in [1.29, 1.82) is 0 Å². The molecule has 24 heavy (non-hydrogen) atoms. The van der Waals surface area contributed by atoms with Crippen LogP contribution in [0, 0.1) is 6.92 Å². The average Bonchev–Trinajstić information content (AvgIpc) is 2.96. The third-order valence-electron chi connectivity index (χ3n) is 4.61. The summed E-state index contributed by atoms with van der Waals surface area (Å²) >= 11 is 0. The number of aromatic amines is 1. The number of hydrogen-bond acceptors (Lipinski definition) is 3. The number of pyridine rings is 1. The first-order valence-corrected chi connectivity index (χ1v) is 8.10. The highest BCUT2D eigenvalue weighted by Gasteiger charge is 2.24. The van der Waals surface area contributed by atoms with Crippen molar-refractivity contribution in [1.82, 2.24) is 14.8 Å². The largest absolute Gasteiger partial charge is 0.322 e. The van der Waals surface area contributed by atoms with Crippen LogP contribution in [0.3, 0.4) is 0 Å². The number of aromatic nitrogens is 3. The highest BCUT2D eigenvalue weighted by Crippen LogP contribution is 2.32. The molecule has 2 aromatic heterocycles. The van der Waals surface area contributed by atoms with Gasteiger partial charge in [-0.2, -0.15) is 5.10 Å². The first-order valence-electron chi connectivity index (χ1n) is 8.10. The van der Waals surface area contributed by atoms with Gasteiger partial charge in [-0.3, -0.25) is 14.3 Å². The number of benzene rings is 1. The van der Waals surface area contributed by atoms with Crippen molar-refractivity contribution in [3.8, 4) is 0 Å². The molecule has 1 fully saturated rings. The standard InChI is InChI=1S/C18H18N4O2/c1-11-9-12-10-13(5-6-15(12)21-17(11)23)20-18(24)16-7-8-19-22(16)14-3-2-4-14/h5-10,14H,2-4H2,1H3,(H,20,24)(H,21,23). The molecule has 1 aliphatic rings.